The van der Waals surface area contributed by atoms with Crippen LogP contribution in [0.4, 0.5) is 5.69 Å². The van der Waals surface area contributed by atoms with Crippen molar-refractivity contribution in [1.29, 1.82) is 0 Å². The quantitative estimate of drug-likeness (QED) is 0.812. The summed E-state index contributed by atoms with van der Waals surface area (Å²) >= 11 is 0. The lowest BCUT2D eigenvalue weighted by Crippen LogP contribution is -2.47. The van der Waals surface area contributed by atoms with Crippen molar-refractivity contribution in [2.45, 2.75) is 47.1 Å². The fourth-order valence-corrected chi connectivity index (χ4v) is 1.53. The average Bonchev–Trinajstić information content (AvgIpc) is 2.40. The number of amides is 2. The molecule has 0 heterocycles. The van der Waals surface area contributed by atoms with Crippen LogP contribution < -0.4 is 10.6 Å². The zero-order chi connectivity index (χ0) is 15.3. The molecule has 20 heavy (non-hydrogen) atoms. The number of rotatable bonds is 5. The van der Waals surface area contributed by atoms with E-state index in [1.165, 1.54) is 0 Å². The standard InChI is InChI=1S/C16H24N2O2/c1-6-12(3)17-14(19)16(4,5)15(20)18-13-9-7-11(2)8-10-13/h7-10,12H,6H2,1-5H3,(H,17,19)(H,18,20). The van der Waals surface area contributed by atoms with Gasteiger partial charge < -0.3 is 10.6 Å². The van der Waals surface area contributed by atoms with Gasteiger partial charge >= 0.3 is 0 Å². The van der Waals surface area contributed by atoms with Crippen LogP contribution in [0.2, 0.25) is 0 Å². The van der Waals surface area contributed by atoms with Gasteiger partial charge in [-0.05, 0) is 46.2 Å². The second kappa shape index (κ2) is 6.55. The lowest BCUT2D eigenvalue weighted by atomic mass is 9.90. The highest BCUT2D eigenvalue weighted by Gasteiger charge is 2.36. The summed E-state index contributed by atoms with van der Waals surface area (Å²) in [7, 11) is 0. The monoisotopic (exact) mass is 276 g/mol. The predicted octanol–water partition coefficient (Wildman–Crippen LogP) is 2.87. The fraction of sp³-hybridized carbons (Fsp3) is 0.500. The van der Waals surface area contributed by atoms with Gasteiger partial charge in [0.15, 0.2) is 0 Å². The molecule has 4 nitrogen and oxygen atoms in total. The highest BCUT2D eigenvalue weighted by Crippen LogP contribution is 2.19. The maximum absolute atomic E-state index is 12.3. The second-order valence-electron chi connectivity index (χ2n) is 5.73. The van der Waals surface area contributed by atoms with E-state index in [-0.39, 0.29) is 17.9 Å². The third-order valence-corrected chi connectivity index (χ3v) is 3.43. The molecule has 0 spiro atoms. The average molecular weight is 276 g/mol. The smallest absolute Gasteiger partial charge is 0.239 e. The first-order chi connectivity index (χ1) is 9.27. The molecule has 0 radical (unpaired) electrons. The van der Waals surface area contributed by atoms with Gasteiger partial charge in [-0.1, -0.05) is 24.6 Å². The van der Waals surface area contributed by atoms with Crippen LogP contribution in [0.15, 0.2) is 24.3 Å². The molecule has 0 bridgehead atoms. The maximum Gasteiger partial charge on any atom is 0.239 e. The van der Waals surface area contributed by atoms with E-state index in [0.717, 1.165) is 12.0 Å². The van der Waals surface area contributed by atoms with Crippen LogP contribution in [0.3, 0.4) is 0 Å². The zero-order valence-electron chi connectivity index (χ0n) is 12.9. The number of benzene rings is 1. The molecule has 4 heteroatoms. The van der Waals surface area contributed by atoms with E-state index in [4.69, 9.17) is 0 Å². The Kier molecular flexibility index (Phi) is 5.31. The van der Waals surface area contributed by atoms with E-state index in [9.17, 15) is 9.59 Å². The Bertz CT molecular complexity index is 478. The summed E-state index contributed by atoms with van der Waals surface area (Å²) in [6, 6.07) is 7.56. The molecule has 1 aromatic carbocycles. The van der Waals surface area contributed by atoms with Crippen molar-refractivity contribution >= 4 is 17.5 Å². The topological polar surface area (TPSA) is 58.2 Å². The Morgan fingerprint density at radius 1 is 1.15 bits per heavy atom. The Balaban J connectivity index is 2.73. The fourth-order valence-electron chi connectivity index (χ4n) is 1.53. The predicted molar refractivity (Wildman–Crippen MR) is 81.5 cm³/mol. The lowest BCUT2D eigenvalue weighted by Gasteiger charge is -2.24. The Labute approximate surface area is 121 Å². The van der Waals surface area contributed by atoms with E-state index < -0.39 is 5.41 Å². The van der Waals surface area contributed by atoms with Crippen molar-refractivity contribution in [3.05, 3.63) is 29.8 Å². The molecule has 0 saturated heterocycles. The van der Waals surface area contributed by atoms with E-state index in [1.807, 2.05) is 45.0 Å². The SMILES string of the molecule is CCC(C)NC(=O)C(C)(C)C(=O)Nc1ccc(C)cc1. The largest absolute Gasteiger partial charge is 0.353 e. The van der Waals surface area contributed by atoms with E-state index in [1.54, 1.807) is 13.8 Å². The van der Waals surface area contributed by atoms with Gasteiger partial charge in [0.25, 0.3) is 0 Å². The van der Waals surface area contributed by atoms with Crippen LogP contribution in [-0.2, 0) is 9.59 Å². The van der Waals surface area contributed by atoms with Gasteiger partial charge in [0.2, 0.25) is 11.8 Å². The molecular formula is C16H24N2O2. The van der Waals surface area contributed by atoms with Crippen LogP contribution in [0.5, 0.6) is 0 Å². The Morgan fingerprint density at radius 3 is 2.20 bits per heavy atom. The van der Waals surface area contributed by atoms with E-state index in [2.05, 4.69) is 10.6 Å². The maximum atomic E-state index is 12.3. The Hall–Kier alpha value is -1.84. The molecule has 2 amide bonds. The number of nitrogens with one attached hydrogen (secondary N) is 2. The molecule has 110 valence electrons. The molecule has 1 unspecified atom stereocenters. The molecule has 1 atom stereocenters. The first-order valence-electron chi connectivity index (χ1n) is 6.96. The van der Waals surface area contributed by atoms with Crippen molar-refractivity contribution in [1.82, 2.24) is 5.32 Å². The zero-order valence-corrected chi connectivity index (χ0v) is 12.9. The van der Waals surface area contributed by atoms with E-state index >= 15 is 0 Å². The molecule has 1 aromatic rings. The van der Waals surface area contributed by atoms with Gasteiger partial charge in [0, 0.05) is 11.7 Å². The summed E-state index contributed by atoms with van der Waals surface area (Å²) in [4.78, 5) is 24.4. The molecule has 0 fully saturated rings. The Morgan fingerprint density at radius 2 is 1.70 bits per heavy atom. The summed E-state index contributed by atoms with van der Waals surface area (Å²) < 4.78 is 0. The minimum atomic E-state index is -1.10. The van der Waals surface area contributed by atoms with Crippen LogP contribution >= 0.6 is 0 Å². The normalized spacial score (nSPS) is 12.7. The van der Waals surface area contributed by atoms with Gasteiger partial charge in [0.05, 0.1) is 0 Å². The minimum Gasteiger partial charge on any atom is -0.353 e. The van der Waals surface area contributed by atoms with Crippen LogP contribution in [0, 0.1) is 12.3 Å². The molecule has 0 aromatic heterocycles. The van der Waals surface area contributed by atoms with Crippen LogP contribution in [-0.4, -0.2) is 17.9 Å². The van der Waals surface area contributed by atoms with Crippen LogP contribution in [0.1, 0.15) is 39.7 Å². The number of carbonyl (C=O) groups excluding carboxylic acids is 2. The summed E-state index contributed by atoms with van der Waals surface area (Å²) in [5.74, 6) is -0.557. The molecule has 0 aliphatic heterocycles. The summed E-state index contributed by atoms with van der Waals surface area (Å²) in [6.07, 6.45) is 0.835. The summed E-state index contributed by atoms with van der Waals surface area (Å²) in [6.45, 7) is 9.16. The van der Waals surface area contributed by atoms with Crippen molar-refractivity contribution in [3.8, 4) is 0 Å². The van der Waals surface area contributed by atoms with Crippen molar-refractivity contribution in [2.24, 2.45) is 5.41 Å². The van der Waals surface area contributed by atoms with Crippen molar-refractivity contribution in [2.75, 3.05) is 5.32 Å². The van der Waals surface area contributed by atoms with Crippen molar-refractivity contribution < 1.29 is 9.59 Å². The summed E-state index contributed by atoms with van der Waals surface area (Å²) in [5.41, 5.74) is 0.718. The third kappa shape index (κ3) is 4.08. The molecule has 0 aliphatic carbocycles. The first kappa shape index (κ1) is 16.2. The third-order valence-electron chi connectivity index (χ3n) is 3.43. The molecular weight excluding hydrogens is 252 g/mol. The first-order valence-corrected chi connectivity index (χ1v) is 6.96. The highest BCUT2D eigenvalue weighted by molar-refractivity contribution is 6.09. The number of aryl methyl sites for hydroxylation is 1. The molecule has 0 saturated carbocycles. The number of carbonyl (C=O) groups is 2. The number of anilines is 1. The molecule has 2 N–H and O–H groups in total. The molecule has 1 rings (SSSR count). The second-order valence-corrected chi connectivity index (χ2v) is 5.73. The van der Waals surface area contributed by atoms with Gasteiger partial charge in [0.1, 0.15) is 5.41 Å². The van der Waals surface area contributed by atoms with Crippen LogP contribution in [0.25, 0.3) is 0 Å². The van der Waals surface area contributed by atoms with Gasteiger partial charge in [-0.2, -0.15) is 0 Å². The highest BCUT2D eigenvalue weighted by atomic mass is 16.2. The van der Waals surface area contributed by atoms with Crippen molar-refractivity contribution in [3.63, 3.8) is 0 Å². The lowest BCUT2D eigenvalue weighted by molar-refractivity contribution is -0.138. The van der Waals surface area contributed by atoms with Gasteiger partial charge in [-0.15, -0.1) is 0 Å². The number of hydrogen-bond acceptors (Lipinski definition) is 2. The van der Waals surface area contributed by atoms with E-state index in [0.29, 0.717) is 5.69 Å². The summed E-state index contributed by atoms with van der Waals surface area (Å²) in [5, 5.41) is 5.63. The van der Waals surface area contributed by atoms with Gasteiger partial charge in [-0.3, -0.25) is 9.59 Å². The minimum absolute atomic E-state index is 0.0638. The molecule has 0 aliphatic rings. The van der Waals surface area contributed by atoms with Gasteiger partial charge in [-0.25, -0.2) is 0 Å². The number of hydrogen-bond donors (Lipinski definition) is 2.